The summed E-state index contributed by atoms with van der Waals surface area (Å²) in [7, 11) is 0. The number of hydrogen-bond donors (Lipinski definition) is 3. The second-order valence-corrected chi connectivity index (χ2v) is 8.25. The number of aromatic nitrogens is 2. The molecule has 1 saturated heterocycles. The number of H-pyrrole nitrogens is 1. The summed E-state index contributed by atoms with van der Waals surface area (Å²) in [5.41, 5.74) is 3.92. The lowest BCUT2D eigenvalue weighted by Gasteiger charge is -2.32. The van der Waals surface area contributed by atoms with Gasteiger partial charge in [-0.1, -0.05) is 30.3 Å². The van der Waals surface area contributed by atoms with Gasteiger partial charge in [0.1, 0.15) is 5.82 Å². The average Bonchev–Trinajstić information content (AvgIpc) is 3.29. The maximum atomic E-state index is 13.1. The lowest BCUT2D eigenvalue weighted by atomic mass is 9.96. The molecule has 0 aliphatic carbocycles. The molecule has 2 heterocycles. The Labute approximate surface area is 191 Å². The summed E-state index contributed by atoms with van der Waals surface area (Å²) < 4.78 is 0. The fourth-order valence-corrected chi connectivity index (χ4v) is 4.24. The molecular formula is C26H25N5O2. The van der Waals surface area contributed by atoms with Crippen LogP contribution in [0.25, 0.3) is 11.0 Å². The topological polar surface area (TPSA) is 90.1 Å². The van der Waals surface area contributed by atoms with Gasteiger partial charge >= 0.3 is 6.03 Å². The Morgan fingerprint density at radius 2 is 1.58 bits per heavy atom. The number of hydrogen-bond acceptors (Lipinski definition) is 3. The van der Waals surface area contributed by atoms with Crippen molar-refractivity contribution >= 4 is 34.3 Å². The highest BCUT2D eigenvalue weighted by Gasteiger charge is 2.27. The van der Waals surface area contributed by atoms with Gasteiger partial charge < -0.3 is 20.5 Å². The Kier molecular flexibility index (Phi) is 5.76. The molecule has 4 aromatic rings. The number of carbonyl (C=O) groups is 2. The van der Waals surface area contributed by atoms with Crippen LogP contribution in [0.15, 0.2) is 78.9 Å². The molecule has 1 aliphatic heterocycles. The van der Waals surface area contributed by atoms with E-state index in [1.165, 1.54) is 0 Å². The van der Waals surface area contributed by atoms with Crippen molar-refractivity contribution in [3.8, 4) is 0 Å². The first-order chi connectivity index (χ1) is 16.2. The minimum atomic E-state index is -0.329. The number of nitrogens with one attached hydrogen (secondary N) is 3. The number of carbonyl (C=O) groups excluding carboxylic acids is 2. The summed E-state index contributed by atoms with van der Waals surface area (Å²) in [4.78, 5) is 35.3. The van der Waals surface area contributed by atoms with E-state index in [1.54, 1.807) is 24.3 Å². The number of benzene rings is 3. The van der Waals surface area contributed by atoms with Crippen molar-refractivity contribution in [1.29, 1.82) is 0 Å². The first-order valence-electron chi connectivity index (χ1n) is 11.1. The molecule has 0 bridgehead atoms. The predicted molar refractivity (Wildman–Crippen MR) is 129 cm³/mol. The van der Waals surface area contributed by atoms with Gasteiger partial charge in [-0.3, -0.25) is 4.79 Å². The van der Waals surface area contributed by atoms with E-state index in [4.69, 9.17) is 4.98 Å². The molecule has 33 heavy (non-hydrogen) atoms. The van der Waals surface area contributed by atoms with Crippen molar-refractivity contribution in [3.63, 3.8) is 0 Å². The van der Waals surface area contributed by atoms with Gasteiger partial charge in [0.25, 0.3) is 5.91 Å². The number of piperidine rings is 1. The van der Waals surface area contributed by atoms with Crippen LogP contribution in [0.3, 0.4) is 0 Å². The van der Waals surface area contributed by atoms with Crippen LogP contribution in [-0.4, -0.2) is 39.9 Å². The molecule has 0 spiro atoms. The zero-order chi connectivity index (χ0) is 22.6. The molecule has 7 nitrogen and oxygen atoms in total. The van der Waals surface area contributed by atoms with Crippen LogP contribution in [0.4, 0.5) is 16.2 Å². The quantitative estimate of drug-likeness (QED) is 0.407. The third kappa shape index (κ3) is 4.72. The van der Waals surface area contributed by atoms with Crippen LogP contribution in [0.5, 0.6) is 0 Å². The normalized spacial score (nSPS) is 15.9. The number of nitrogens with zero attached hydrogens (tertiary/aromatic N) is 2. The first kappa shape index (κ1) is 20.8. The van der Waals surface area contributed by atoms with E-state index in [0.717, 1.165) is 36.2 Å². The van der Waals surface area contributed by atoms with Crippen molar-refractivity contribution in [2.24, 2.45) is 0 Å². The summed E-state index contributed by atoms with van der Waals surface area (Å²) in [6.45, 7) is 1.37. The van der Waals surface area contributed by atoms with E-state index < -0.39 is 0 Å². The van der Waals surface area contributed by atoms with Crippen LogP contribution in [0.2, 0.25) is 0 Å². The third-order valence-corrected chi connectivity index (χ3v) is 5.92. The van der Waals surface area contributed by atoms with Crippen LogP contribution in [0.1, 0.15) is 34.9 Å². The number of likely N-dealkylation sites (tertiary alicyclic amines) is 1. The fraction of sp³-hybridized carbons (Fsp3) is 0.192. The molecule has 166 valence electrons. The molecule has 0 radical (unpaired) electrons. The maximum absolute atomic E-state index is 13.1. The monoisotopic (exact) mass is 439 g/mol. The average molecular weight is 440 g/mol. The highest BCUT2D eigenvalue weighted by Crippen LogP contribution is 2.27. The highest BCUT2D eigenvalue weighted by molar-refractivity contribution is 6.00. The van der Waals surface area contributed by atoms with Crippen molar-refractivity contribution in [3.05, 3.63) is 90.3 Å². The van der Waals surface area contributed by atoms with Crippen molar-refractivity contribution < 1.29 is 9.59 Å². The second-order valence-electron chi connectivity index (χ2n) is 8.25. The molecule has 3 aromatic carbocycles. The van der Waals surface area contributed by atoms with Gasteiger partial charge in [-0.2, -0.15) is 0 Å². The van der Waals surface area contributed by atoms with Crippen molar-refractivity contribution in [2.45, 2.75) is 18.8 Å². The number of para-hydroxylation sites is 3. The number of imidazole rings is 1. The molecular weight excluding hydrogens is 414 g/mol. The number of aromatic amines is 1. The van der Waals surface area contributed by atoms with Crippen LogP contribution < -0.4 is 10.6 Å². The van der Waals surface area contributed by atoms with Gasteiger partial charge in [-0.05, 0) is 61.4 Å². The Hall–Kier alpha value is -4.13. The Bertz CT molecular complexity index is 1230. The zero-order valence-corrected chi connectivity index (χ0v) is 18.1. The van der Waals surface area contributed by atoms with Gasteiger partial charge in [0.2, 0.25) is 0 Å². The van der Waals surface area contributed by atoms with Gasteiger partial charge in [-0.25, -0.2) is 9.78 Å². The number of fused-ring (bicyclic) bond motifs is 1. The van der Waals surface area contributed by atoms with E-state index in [1.807, 2.05) is 59.5 Å². The van der Waals surface area contributed by atoms with Gasteiger partial charge in [0.05, 0.1) is 11.0 Å². The summed E-state index contributed by atoms with van der Waals surface area (Å²) in [5.74, 6) is 1.13. The van der Waals surface area contributed by atoms with E-state index in [9.17, 15) is 9.59 Å². The molecule has 1 atom stereocenters. The lowest BCUT2D eigenvalue weighted by Crippen LogP contribution is -2.39. The summed E-state index contributed by atoms with van der Waals surface area (Å²) in [6, 6.07) is 23.9. The molecule has 1 aliphatic rings. The van der Waals surface area contributed by atoms with Crippen LogP contribution in [-0.2, 0) is 0 Å². The first-order valence-corrected chi connectivity index (χ1v) is 11.1. The number of urea groups is 1. The van der Waals surface area contributed by atoms with E-state index in [2.05, 4.69) is 15.6 Å². The van der Waals surface area contributed by atoms with Gasteiger partial charge in [-0.15, -0.1) is 0 Å². The molecule has 3 amide bonds. The summed E-state index contributed by atoms with van der Waals surface area (Å²) >= 11 is 0. The van der Waals surface area contributed by atoms with Crippen LogP contribution >= 0.6 is 0 Å². The fourth-order valence-electron chi connectivity index (χ4n) is 4.24. The Balaban J connectivity index is 1.22. The van der Waals surface area contributed by atoms with E-state index >= 15 is 0 Å². The number of rotatable bonds is 4. The smallest absolute Gasteiger partial charge is 0.323 e. The summed E-state index contributed by atoms with van der Waals surface area (Å²) in [6.07, 6.45) is 1.94. The standard InChI is InChI=1S/C26H25N5O2/c32-25(18-12-14-21(15-13-18)28-26(33)27-20-8-2-1-3-9-20)31-16-6-7-19(17-31)24-29-22-10-4-5-11-23(22)30-24/h1-5,8-15,19H,6-7,16-17H2,(H,29,30)(H2,27,28,33). The van der Waals surface area contributed by atoms with E-state index in [-0.39, 0.29) is 17.9 Å². The molecule has 1 fully saturated rings. The molecule has 3 N–H and O–H groups in total. The van der Waals surface area contributed by atoms with Crippen LogP contribution in [0, 0.1) is 0 Å². The molecule has 1 aromatic heterocycles. The Morgan fingerprint density at radius 3 is 2.33 bits per heavy atom. The second kappa shape index (κ2) is 9.16. The predicted octanol–water partition coefficient (Wildman–Crippen LogP) is 5.23. The Morgan fingerprint density at radius 1 is 0.879 bits per heavy atom. The minimum absolute atomic E-state index is 0.00361. The molecule has 5 rings (SSSR count). The largest absolute Gasteiger partial charge is 0.342 e. The van der Waals surface area contributed by atoms with Gasteiger partial charge in [0, 0.05) is 35.9 Å². The van der Waals surface area contributed by atoms with Gasteiger partial charge in [0.15, 0.2) is 0 Å². The summed E-state index contributed by atoms with van der Waals surface area (Å²) in [5, 5.41) is 5.57. The SMILES string of the molecule is O=C(Nc1ccccc1)Nc1ccc(C(=O)N2CCCC(c3nc4ccccc4[nH]3)C2)cc1. The zero-order valence-electron chi connectivity index (χ0n) is 18.1. The minimum Gasteiger partial charge on any atom is -0.342 e. The highest BCUT2D eigenvalue weighted by atomic mass is 16.2. The van der Waals surface area contributed by atoms with Crippen molar-refractivity contribution in [1.82, 2.24) is 14.9 Å². The lowest BCUT2D eigenvalue weighted by molar-refractivity contribution is 0.0705. The number of anilines is 2. The van der Waals surface area contributed by atoms with Crippen molar-refractivity contribution in [2.75, 3.05) is 23.7 Å². The third-order valence-electron chi connectivity index (χ3n) is 5.92. The molecule has 7 heteroatoms. The molecule has 0 saturated carbocycles. The van der Waals surface area contributed by atoms with E-state index in [0.29, 0.717) is 23.5 Å². The molecule has 1 unspecified atom stereocenters. The maximum Gasteiger partial charge on any atom is 0.323 e. The number of amides is 3.